The van der Waals surface area contributed by atoms with Gasteiger partial charge in [-0.25, -0.2) is 13.2 Å². The quantitative estimate of drug-likeness (QED) is 0.760. The zero-order chi connectivity index (χ0) is 21.7. The molecule has 1 aromatic rings. The number of benzene rings is 1. The molecule has 0 radical (unpaired) electrons. The summed E-state index contributed by atoms with van der Waals surface area (Å²) in [6.07, 6.45) is 5.61. The zero-order valence-corrected chi connectivity index (χ0v) is 18.7. The number of sulfone groups is 1. The molecule has 1 spiro atoms. The molecule has 9 heteroatoms. The van der Waals surface area contributed by atoms with Crippen LogP contribution in [-0.2, 0) is 14.6 Å². The molecule has 4 rings (SSSR count). The Balaban J connectivity index is 1.36. The molecule has 0 bridgehead atoms. The number of rotatable bonds is 3. The van der Waals surface area contributed by atoms with Gasteiger partial charge in [-0.1, -0.05) is 17.7 Å². The van der Waals surface area contributed by atoms with Gasteiger partial charge in [0, 0.05) is 42.9 Å². The third kappa shape index (κ3) is 4.04. The predicted octanol–water partition coefficient (Wildman–Crippen LogP) is 2.63. The van der Waals surface area contributed by atoms with Gasteiger partial charge in [0.05, 0.1) is 10.8 Å². The van der Waals surface area contributed by atoms with Crippen LogP contribution in [0.15, 0.2) is 23.1 Å². The lowest BCUT2D eigenvalue weighted by molar-refractivity contribution is -0.121. The van der Waals surface area contributed by atoms with Crippen LogP contribution >= 0.6 is 11.6 Å². The Labute approximate surface area is 182 Å². The number of primary amides is 1. The molecule has 1 aromatic carbocycles. The highest BCUT2D eigenvalue weighted by Crippen LogP contribution is 2.49. The number of amides is 3. The molecule has 3 amide bonds. The molecule has 2 heterocycles. The van der Waals surface area contributed by atoms with Crippen LogP contribution in [0.3, 0.4) is 0 Å². The Morgan fingerprint density at radius 3 is 2.37 bits per heavy atom. The smallest absolute Gasteiger partial charge is 0.320 e. The van der Waals surface area contributed by atoms with Crippen molar-refractivity contribution in [3.63, 3.8) is 0 Å². The van der Waals surface area contributed by atoms with E-state index in [9.17, 15) is 18.0 Å². The Morgan fingerprint density at radius 2 is 1.80 bits per heavy atom. The molecule has 1 saturated carbocycles. The third-order valence-corrected chi connectivity index (χ3v) is 8.43. The number of carbonyl (C=O) groups is 2. The standard InChI is InChI=1S/C21H28ClN3O4S/c1-30(28,29)18-10-16(22)2-3-17(18)14-4-7-21(8-5-14)12-25(13-21)20(27)24-9-6-15(11-24)19(23)26/h2-3,10,14-15H,4-9,11-13H2,1H3,(H2,23,26)/t15-/m0/s1. The highest BCUT2D eigenvalue weighted by Gasteiger charge is 2.48. The first-order valence-corrected chi connectivity index (χ1v) is 12.7. The minimum Gasteiger partial charge on any atom is -0.369 e. The van der Waals surface area contributed by atoms with E-state index in [0.29, 0.717) is 29.4 Å². The van der Waals surface area contributed by atoms with Crippen LogP contribution in [-0.4, -0.2) is 62.6 Å². The minimum absolute atomic E-state index is 0.00330. The average molecular weight is 454 g/mol. The van der Waals surface area contributed by atoms with E-state index in [0.717, 1.165) is 44.3 Å². The maximum atomic E-state index is 12.7. The molecule has 30 heavy (non-hydrogen) atoms. The Hall–Kier alpha value is -1.80. The van der Waals surface area contributed by atoms with Gasteiger partial charge in [-0.15, -0.1) is 0 Å². The SMILES string of the molecule is CS(=O)(=O)c1cc(Cl)ccc1C1CCC2(CC1)CN(C(=O)N1CC[C@H](C(N)=O)C1)C2. The molecule has 164 valence electrons. The van der Waals surface area contributed by atoms with Crippen molar-refractivity contribution in [1.82, 2.24) is 9.80 Å². The van der Waals surface area contributed by atoms with Crippen LogP contribution in [0.1, 0.15) is 43.6 Å². The summed E-state index contributed by atoms with van der Waals surface area (Å²) in [5.74, 6) is -0.375. The van der Waals surface area contributed by atoms with E-state index >= 15 is 0 Å². The van der Waals surface area contributed by atoms with Crippen molar-refractivity contribution in [3.8, 4) is 0 Å². The van der Waals surface area contributed by atoms with E-state index in [4.69, 9.17) is 17.3 Å². The fourth-order valence-corrected chi connectivity index (χ4v) is 6.53. The summed E-state index contributed by atoms with van der Waals surface area (Å²) in [5.41, 5.74) is 6.36. The normalized spacial score (nSPS) is 24.1. The van der Waals surface area contributed by atoms with Gasteiger partial charge in [0.1, 0.15) is 0 Å². The predicted molar refractivity (Wildman–Crippen MR) is 114 cm³/mol. The Bertz CT molecular complexity index is 964. The minimum atomic E-state index is -3.34. The lowest BCUT2D eigenvalue weighted by Crippen LogP contribution is -2.62. The first-order chi connectivity index (χ1) is 14.1. The number of hydrogen-bond acceptors (Lipinski definition) is 4. The fraction of sp³-hybridized carbons (Fsp3) is 0.619. The highest BCUT2D eigenvalue weighted by atomic mass is 35.5. The molecular weight excluding hydrogens is 426 g/mol. The largest absolute Gasteiger partial charge is 0.369 e. The lowest BCUT2D eigenvalue weighted by atomic mass is 9.65. The number of halogens is 1. The topological polar surface area (TPSA) is 101 Å². The number of carbonyl (C=O) groups excluding carboxylic acids is 2. The van der Waals surface area contributed by atoms with Gasteiger partial charge >= 0.3 is 6.03 Å². The molecular formula is C21H28ClN3O4S. The van der Waals surface area contributed by atoms with Gasteiger partial charge in [0.2, 0.25) is 5.91 Å². The molecule has 2 saturated heterocycles. The third-order valence-electron chi connectivity index (χ3n) is 7.05. The van der Waals surface area contributed by atoms with E-state index in [1.54, 1.807) is 17.0 Å². The second-order valence-corrected chi connectivity index (χ2v) is 11.6. The van der Waals surface area contributed by atoms with Crippen molar-refractivity contribution in [2.24, 2.45) is 17.1 Å². The van der Waals surface area contributed by atoms with E-state index in [1.165, 1.54) is 6.26 Å². The molecule has 1 aliphatic carbocycles. The van der Waals surface area contributed by atoms with Gasteiger partial charge in [0.25, 0.3) is 0 Å². The number of likely N-dealkylation sites (tertiary alicyclic amines) is 2. The van der Waals surface area contributed by atoms with Crippen molar-refractivity contribution in [2.45, 2.75) is 42.9 Å². The molecule has 2 aliphatic heterocycles. The van der Waals surface area contributed by atoms with Gasteiger partial charge in [0.15, 0.2) is 9.84 Å². The van der Waals surface area contributed by atoms with Crippen molar-refractivity contribution >= 4 is 33.4 Å². The maximum Gasteiger partial charge on any atom is 0.320 e. The number of nitrogens with two attached hydrogens (primary N) is 1. The summed E-state index contributed by atoms with van der Waals surface area (Å²) in [7, 11) is -3.34. The van der Waals surface area contributed by atoms with Crippen molar-refractivity contribution in [1.29, 1.82) is 0 Å². The lowest BCUT2D eigenvalue weighted by Gasteiger charge is -2.54. The van der Waals surface area contributed by atoms with Crippen LogP contribution in [0, 0.1) is 11.3 Å². The van der Waals surface area contributed by atoms with Crippen molar-refractivity contribution in [2.75, 3.05) is 32.4 Å². The fourth-order valence-electron chi connectivity index (χ4n) is 5.29. The number of urea groups is 1. The zero-order valence-electron chi connectivity index (χ0n) is 17.1. The molecule has 0 aromatic heterocycles. The maximum absolute atomic E-state index is 12.7. The van der Waals surface area contributed by atoms with Gasteiger partial charge in [-0.2, -0.15) is 0 Å². The number of nitrogens with zero attached hydrogens (tertiary/aromatic N) is 2. The van der Waals surface area contributed by atoms with Crippen LogP contribution in [0.4, 0.5) is 4.79 Å². The summed E-state index contributed by atoms with van der Waals surface area (Å²) >= 11 is 6.03. The molecule has 0 unspecified atom stereocenters. The van der Waals surface area contributed by atoms with E-state index in [1.807, 2.05) is 11.0 Å². The second-order valence-electron chi connectivity index (χ2n) is 9.20. The van der Waals surface area contributed by atoms with E-state index in [2.05, 4.69) is 0 Å². The monoisotopic (exact) mass is 453 g/mol. The van der Waals surface area contributed by atoms with Gasteiger partial charge in [-0.3, -0.25) is 4.79 Å². The summed E-state index contributed by atoms with van der Waals surface area (Å²) in [6.45, 7) is 2.47. The first-order valence-electron chi connectivity index (χ1n) is 10.4. The van der Waals surface area contributed by atoms with Gasteiger partial charge < -0.3 is 15.5 Å². The summed E-state index contributed by atoms with van der Waals surface area (Å²) in [5, 5.41) is 0.431. The van der Waals surface area contributed by atoms with Crippen LogP contribution in [0.5, 0.6) is 0 Å². The van der Waals surface area contributed by atoms with E-state index in [-0.39, 0.29) is 29.2 Å². The molecule has 1 atom stereocenters. The summed E-state index contributed by atoms with van der Waals surface area (Å²) in [4.78, 5) is 28.0. The Morgan fingerprint density at radius 1 is 1.13 bits per heavy atom. The molecule has 3 aliphatic rings. The summed E-state index contributed by atoms with van der Waals surface area (Å²) < 4.78 is 24.4. The number of hydrogen-bond donors (Lipinski definition) is 1. The van der Waals surface area contributed by atoms with Crippen LogP contribution in [0.2, 0.25) is 5.02 Å². The summed E-state index contributed by atoms with van der Waals surface area (Å²) in [6, 6.07) is 5.16. The second kappa shape index (κ2) is 7.71. The van der Waals surface area contributed by atoms with Crippen molar-refractivity contribution in [3.05, 3.63) is 28.8 Å². The Kier molecular flexibility index (Phi) is 5.51. The average Bonchev–Trinajstić information content (AvgIpc) is 3.16. The van der Waals surface area contributed by atoms with Crippen molar-refractivity contribution < 1.29 is 18.0 Å². The van der Waals surface area contributed by atoms with Crippen LogP contribution < -0.4 is 5.73 Å². The van der Waals surface area contributed by atoms with E-state index < -0.39 is 9.84 Å². The first kappa shape index (κ1) is 21.4. The van der Waals surface area contributed by atoms with Gasteiger partial charge in [-0.05, 0) is 55.7 Å². The molecule has 3 fully saturated rings. The van der Waals surface area contributed by atoms with Crippen LogP contribution in [0.25, 0.3) is 0 Å². The highest BCUT2D eigenvalue weighted by molar-refractivity contribution is 7.90. The molecule has 7 nitrogen and oxygen atoms in total. The molecule has 2 N–H and O–H groups in total.